The first-order chi connectivity index (χ1) is 10.7. The lowest BCUT2D eigenvalue weighted by molar-refractivity contribution is -0.138. The fourth-order valence-corrected chi connectivity index (χ4v) is 4.23. The molecule has 1 saturated carbocycles. The zero-order valence-corrected chi connectivity index (χ0v) is 14.2. The highest BCUT2D eigenvalue weighted by Crippen LogP contribution is 2.56. The summed E-state index contributed by atoms with van der Waals surface area (Å²) in [6.45, 7) is 5.86. The van der Waals surface area contributed by atoms with Crippen LogP contribution in [0.3, 0.4) is 0 Å². The minimum atomic E-state index is 0.153. The first-order valence-corrected chi connectivity index (χ1v) is 9.28. The molecule has 0 aromatic carbocycles. The second kappa shape index (κ2) is 7.11. The van der Waals surface area contributed by atoms with Gasteiger partial charge in [0.1, 0.15) is 6.61 Å². The number of hydrogen-bond donors (Lipinski definition) is 1. The van der Waals surface area contributed by atoms with Gasteiger partial charge in [-0.3, -0.25) is 4.79 Å². The van der Waals surface area contributed by atoms with E-state index in [4.69, 9.17) is 4.74 Å². The van der Waals surface area contributed by atoms with Crippen molar-refractivity contribution in [2.75, 3.05) is 26.3 Å². The third-order valence-corrected chi connectivity index (χ3v) is 5.68. The van der Waals surface area contributed by atoms with Crippen LogP contribution in [0.15, 0.2) is 16.8 Å². The number of ether oxygens (including phenoxy) is 1. The number of rotatable bonds is 7. The van der Waals surface area contributed by atoms with Gasteiger partial charge in [-0.2, -0.15) is 11.3 Å². The summed E-state index contributed by atoms with van der Waals surface area (Å²) in [7, 11) is 0. The molecule has 5 heteroatoms. The maximum Gasteiger partial charge on any atom is 0.249 e. The molecule has 122 valence electrons. The van der Waals surface area contributed by atoms with E-state index in [1.165, 1.54) is 24.8 Å². The number of nitrogens with zero attached hydrogens (tertiary/aromatic N) is 1. The van der Waals surface area contributed by atoms with Crippen LogP contribution in [0.1, 0.15) is 38.2 Å². The minimum absolute atomic E-state index is 0.153. The lowest BCUT2D eigenvalue weighted by Crippen LogP contribution is -2.40. The average Bonchev–Trinajstić information content (AvgIpc) is 2.98. The highest BCUT2D eigenvalue weighted by atomic mass is 32.1. The molecule has 1 aliphatic carbocycles. The van der Waals surface area contributed by atoms with Gasteiger partial charge in [0.25, 0.3) is 0 Å². The Morgan fingerprint density at radius 3 is 3.00 bits per heavy atom. The molecule has 0 radical (unpaired) electrons. The second-order valence-corrected chi connectivity index (χ2v) is 7.32. The molecule has 1 amide bonds. The number of carbonyl (C=O) groups excluding carboxylic acids is 1. The third-order valence-electron chi connectivity index (χ3n) is 4.95. The Hall–Kier alpha value is -0.910. The van der Waals surface area contributed by atoms with Crippen molar-refractivity contribution >= 4 is 17.2 Å². The van der Waals surface area contributed by atoms with Crippen molar-refractivity contribution in [3.05, 3.63) is 22.4 Å². The molecule has 1 aromatic rings. The molecular formula is C17H26N2O2S. The van der Waals surface area contributed by atoms with Crippen molar-refractivity contribution < 1.29 is 9.53 Å². The van der Waals surface area contributed by atoms with E-state index in [0.717, 1.165) is 26.1 Å². The third kappa shape index (κ3) is 3.53. The van der Waals surface area contributed by atoms with Gasteiger partial charge in [-0.15, -0.1) is 0 Å². The van der Waals surface area contributed by atoms with E-state index in [-0.39, 0.29) is 12.5 Å². The minimum Gasteiger partial charge on any atom is -0.372 e. The molecule has 1 N–H and O–H groups in total. The van der Waals surface area contributed by atoms with E-state index in [2.05, 4.69) is 34.0 Å². The van der Waals surface area contributed by atoms with Crippen LogP contribution >= 0.6 is 11.3 Å². The highest BCUT2D eigenvalue weighted by Gasteiger charge is 2.57. The Kier molecular flexibility index (Phi) is 5.16. The van der Waals surface area contributed by atoms with Crippen molar-refractivity contribution in [1.29, 1.82) is 0 Å². The zero-order valence-electron chi connectivity index (χ0n) is 13.3. The van der Waals surface area contributed by atoms with E-state index in [1.54, 1.807) is 11.3 Å². The quantitative estimate of drug-likeness (QED) is 0.785. The number of amides is 1. The molecule has 1 aliphatic heterocycles. The van der Waals surface area contributed by atoms with Crippen molar-refractivity contribution in [3.8, 4) is 0 Å². The van der Waals surface area contributed by atoms with Crippen molar-refractivity contribution in [2.45, 2.75) is 45.2 Å². The van der Waals surface area contributed by atoms with Crippen molar-refractivity contribution in [3.63, 3.8) is 0 Å². The summed E-state index contributed by atoms with van der Waals surface area (Å²) in [6, 6.07) is 2.53. The summed E-state index contributed by atoms with van der Waals surface area (Å²) in [5, 5.41) is 7.66. The number of nitrogens with one attached hydrogen (secondary N) is 1. The fraction of sp³-hybridized carbons (Fsp3) is 0.706. The SMILES string of the molecule is CCCOCC(=O)N(Cc1ccsc1)C1CC12CCNCC2. The highest BCUT2D eigenvalue weighted by molar-refractivity contribution is 7.07. The number of thiophene rings is 1. The number of hydrogen-bond acceptors (Lipinski definition) is 4. The van der Waals surface area contributed by atoms with Gasteiger partial charge in [0.15, 0.2) is 0 Å². The molecule has 1 spiro atoms. The first-order valence-electron chi connectivity index (χ1n) is 8.34. The first kappa shape index (κ1) is 16.0. The van der Waals surface area contributed by atoms with Crippen LogP contribution in [-0.4, -0.2) is 43.2 Å². The standard InChI is InChI=1S/C17H26N2O2S/c1-2-8-21-12-16(20)19(11-14-3-9-22-13-14)15-10-17(15)4-6-18-7-5-17/h3,9,13,15,18H,2,4-8,10-12H2,1H3. The van der Waals surface area contributed by atoms with Gasteiger partial charge in [0.05, 0.1) is 0 Å². The normalized spacial score (nSPS) is 22.7. The van der Waals surface area contributed by atoms with Crippen LogP contribution in [0.5, 0.6) is 0 Å². The summed E-state index contributed by atoms with van der Waals surface area (Å²) in [4.78, 5) is 14.7. The largest absolute Gasteiger partial charge is 0.372 e. The molecule has 1 unspecified atom stereocenters. The molecule has 1 saturated heterocycles. The van der Waals surface area contributed by atoms with Crippen LogP contribution < -0.4 is 5.32 Å². The van der Waals surface area contributed by atoms with E-state index >= 15 is 0 Å². The maximum absolute atomic E-state index is 12.6. The number of carbonyl (C=O) groups is 1. The molecule has 2 fully saturated rings. The molecule has 1 atom stereocenters. The fourth-order valence-electron chi connectivity index (χ4n) is 3.57. The second-order valence-electron chi connectivity index (χ2n) is 6.54. The lowest BCUT2D eigenvalue weighted by Gasteiger charge is -2.29. The topological polar surface area (TPSA) is 41.6 Å². The number of piperidine rings is 1. The van der Waals surface area contributed by atoms with Crippen molar-refractivity contribution in [2.24, 2.45) is 5.41 Å². The van der Waals surface area contributed by atoms with Gasteiger partial charge in [-0.25, -0.2) is 0 Å². The summed E-state index contributed by atoms with van der Waals surface area (Å²) < 4.78 is 5.50. The summed E-state index contributed by atoms with van der Waals surface area (Å²) in [5.41, 5.74) is 1.62. The summed E-state index contributed by atoms with van der Waals surface area (Å²) in [5.74, 6) is 0.153. The Morgan fingerprint density at radius 1 is 1.50 bits per heavy atom. The molecule has 22 heavy (non-hydrogen) atoms. The van der Waals surface area contributed by atoms with E-state index in [1.807, 2.05) is 0 Å². The van der Waals surface area contributed by atoms with Crippen LogP contribution in [-0.2, 0) is 16.1 Å². The Labute approximate surface area is 136 Å². The van der Waals surface area contributed by atoms with Crippen LogP contribution in [0.2, 0.25) is 0 Å². The Morgan fingerprint density at radius 2 is 2.32 bits per heavy atom. The molecule has 4 nitrogen and oxygen atoms in total. The average molecular weight is 322 g/mol. The lowest BCUT2D eigenvalue weighted by atomic mass is 9.93. The zero-order chi connectivity index (χ0) is 15.4. The molecule has 0 bridgehead atoms. The molecule has 3 rings (SSSR count). The van der Waals surface area contributed by atoms with Gasteiger partial charge in [-0.05, 0) is 66.6 Å². The van der Waals surface area contributed by atoms with Gasteiger partial charge >= 0.3 is 0 Å². The smallest absolute Gasteiger partial charge is 0.249 e. The van der Waals surface area contributed by atoms with Crippen molar-refractivity contribution in [1.82, 2.24) is 10.2 Å². The van der Waals surface area contributed by atoms with Gasteiger partial charge in [0, 0.05) is 19.2 Å². The van der Waals surface area contributed by atoms with E-state index in [9.17, 15) is 4.79 Å². The predicted octanol–water partition coefficient (Wildman–Crippen LogP) is 2.65. The van der Waals surface area contributed by atoms with E-state index < -0.39 is 0 Å². The Bertz CT molecular complexity index is 483. The molecular weight excluding hydrogens is 296 g/mol. The van der Waals surface area contributed by atoms with E-state index in [0.29, 0.717) is 18.1 Å². The van der Waals surface area contributed by atoms with Gasteiger partial charge < -0.3 is 15.0 Å². The van der Waals surface area contributed by atoms with Crippen LogP contribution in [0.25, 0.3) is 0 Å². The summed E-state index contributed by atoms with van der Waals surface area (Å²) in [6.07, 6.45) is 4.51. The molecule has 2 heterocycles. The Balaban J connectivity index is 1.65. The summed E-state index contributed by atoms with van der Waals surface area (Å²) >= 11 is 1.69. The van der Waals surface area contributed by atoms with Crippen LogP contribution in [0, 0.1) is 5.41 Å². The monoisotopic (exact) mass is 322 g/mol. The molecule has 2 aliphatic rings. The van der Waals surface area contributed by atoms with Gasteiger partial charge in [-0.1, -0.05) is 6.92 Å². The van der Waals surface area contributed by atoms with Crippen LogP contribution in [0.4, 0.5) is 0 Å². The predicted molar refractivity (Wildman–Crippen MR) is 88.9 cm³/mol. The van der Waals surface area contributed by atoms with Gasteiger partial charge in [0.2, 0.25) is 5.91 Å². The maximum atomic E-state index is 12.6. The molecule has 1 aromatic heterocycles.